The van der Waals surface area contributed by atoms with Gasteiger partial charge in [-0.15, -0.1) is 0 Å². The maximum absolute atomic E-state index is 13.7. The van der Waals surface area contributed by atoms with E-state index in [1.807, 2.05) is 80.6 Å². The number of halogens is 3. The van der Waals surface area contributed by atoms with Crippen LogP contribution in [0.25, 0.3) is 16.7 Å². The highest BCUT2D eigenvalue weighted by atomic mass is 35.5. The van der Waals surface area contributed by atoms with Crippen molar-refractivity contribution in [1.82, 2.24) is 0 Å². The van der Waals surface area contributed by atoms with E-state index in [9.17, 15) is 15.0 Å². The highest BCUT2D eigenvalue weighted by Crippen LogP contribution is 2.62. The summed E-state index contributed by atoms with van der Waals surface area (Å²) in [6.07, 6.45) is 1.09. The zero-order valence-corrected chi connectivity index (χ0v) is 25.3. The van der Waals surface area contributed by atoms with Gasteiger partial charge in [-0.2, -0.15) is 0 Å². The van der Waals surface area contributed by atoms with Crippen molar-refractivity contribution in [2.24, 2.45) is 11.8 Å². The van der Waals surface area contributed by atoms with Crippen LogP contribution in [0.3, 0.4) is 0 Å². The van der Waals surface area contributed by atoms with Gasteiger partial charge in [0.25, 0.3) is 0 Å². The second-order valence-corrected chi connectivity index (χ2v) is 12.5. The van der Waals surface area contributed by atoms with Gasteiger partial charge in [0.15, 0.2) is 5.60 Å². The number of ether oxygens (including phenoxy) is 2. The number of carbonyl (C=O) groups excluding carboxylic acids is 1. The number of aliphatic hydroxyl groups is 1. The molecule has 43 heavy (non-hydrogen) atoms. The molecule has 0 fully saturated rings. The number of fused-ring (bicyclic) bond motifs is 6. The lowest BCUT2D eigenvalue weighted by molar-refractivity contribution is -0.0405. The molecule has 2 heterocycles. The number of allylic oxidation sites excluding steroid dienone is 1. The Labute approximate surface area is 263 Å². The average molecular weight is 632 g/mol. The molecule has 2 N–H and O–H groups in total. The number of phenols is 1. The Morgan fingerprint density at radius 3 is 2.07 bits per heavy atom. The summed E-state index contributed by atoms with van der Waals surface area (Å²) in [6, 6.07) is 23.5. The first-order valence-corrected chi connectivity index (χ1v) is 15.0. The molecule has 1 aliphatic carbocycles. The fourth-order valence-corrected chi connectivity index (χ4v) is 7.13. The Bertz CT molecular complexity index is 1880. The summed E-state index contributed by atoms with van der Waals surface area (Å²) in [4.78, 5) is 13.7. The van der Waals surface area contributed by atoms with Crippen molar-refractivity contribution < 1.29 is 24.5 Å². The molecule has 4 aromatic rings. The van der Waals surface area contributed by atoms with E-state index in [1.165, 1.54) is 6.07 Å². The van der Waals surface area contributed by atoms with Gasteiger partial charge in [0, 0.05) is 16.7 Å². The van der Waals surface area contributed by atoms with Crippen LogP contribution in [0.5, 0.6) is 11.5 Å². The van der Waals surface area contributed by atoms with Gasteiger partial charge in [0.1, 0.15) is 23.4 Å². The third-order valence-electron chi connectivity index (χ3n) is 8.52. The van der Waals surface area contributed by atoms with E-state index in [0.717, 1.165) is 5.56 Å². The average Bonchev–Trinajstić information content (AvgIpc) is 3.26. The smallest absolute Gasteiger partial charge is 0.339 e. The Morgan fingerprint density at radius 2 is 1.42 bits per heavy atom. The SMILES string of the molecule is CC(C)C1=CC2C(Oc3c(cc(Cl)c(O)c3-c3ccccc3)C23OC(=O)c2cc(Cl)c(Cl)cc23)C(c2ccccc2)=C1O. The lowest BCUT2D eigenvalue weighted by Gasteiger charge is -2.48. The summed E-state index contributed by atoms with van der Waals surface area (Å²) in [5, 5.41) is 23.7. The van der Waals surface area contributed by atoms with E-state index < -0.39 is 23.6 Å². The molecular formula is C35H25Cl3O5. The Hall–Kier alpha value is -3.90. The molecule has 216 valence electrons. The second kappa shape index (κ2) is 10.1. The van der Waals surface area contributed by atoms with Crippen LogP contribution >= 0.6 is 34.8 Å². The number of benzene rings is 4. The molecule has 3 unspecified atom stereocenters. The Morgan fingerprint density at radius 1 is 0.814 bits per heavy atom. The molecular weight excluding hydrogens is 607 g/mol. The zero-order chi connectivity index (χ0) is 30.2. The summed E-state index contributed by atoms with van der Waals surface area (Å²) >= 11 is 19.7. The fourth-order valence-electron chi connectivity index (χ4n) is 6.60. The molecule has 5 nitrogen and oxygen atoms in total. The number of aromatic hydroxyl groups is 1. The normalized spacial score (nSPS) is 22.1. The number of carbonyl (C=O) groups is 1. The summed E-state index contributed by atoms with van der Waals surface area (Å²) in [5.41, 5.74) is 2.70. The first kappa shape index (κ1) is 27.9. The molecule has 0 amide bonds. The van der Waals surface area contributed by atoms with E-state index >= 15 is 0 Å². The van der Waals surface area contributed by atoms with Crippen molar-refractivity contribution in [1.29, 1.82) is 0 Å². The van der Waals surface area contributed by atoms with Gasteiger partial charge in [-0.05, 0) is 40.8 Å². The summed E-state index contributed by atoms with van der Waals surface area (Å²) in [5.74, 6) is -1.11. The van der Waals surface area contributed by atoms with Crippen molar-refractivity contribution in [3.63, 3.8) is 0 Å². The molecule has 2 aliphatic heterocycles. The number of hydrogen-bond donors (Lipinski definition) is 2. The van der Waals surface area contributed by atoms with Crippen LogP contribution in [-0.4, -0.2) is 22.3 Å². The lowest BCUT2D eigenvalue weighted by atomic mass is 9.65. The zero-order valence-electron chi connectivity index (χ0n) is 23.1. The molecule has 4 aromatic carbocycles. The number of esters is 1. The summed E-state index contributed by atoms with van der Waals surface area (Å²) in [6.45, 7) is 3.98. The number of rotatable bonds is 3. The number of aliphatic hydroxyl groups excluding tert-OH is 1. The third kappa shape index (κ3) is 4.02. The summed E-state index contributed by atoms with van der Waals surface area (Å²) < 4.78 is 13.4. The largest absolute Gasteiger partial charge is 0.507 e. The van der Waals surface area contributed by atoms with Gasteiger partial charge in [-0.25, -0.2) is 4.79 Å². The maximum atomic E-state index is 13.7. The molecule has 3 aliphatic rings. The van der Waals surface area contributed by atoms with E-state index in [0.29, 0.717) is 33.4 Å². The van der Waals surface area contributed by atoms with Crippen molar-refractivity contribution in [3.05, 3.63) is 134 Å². The van der Waals surface area contributed by atoms with Crippen molar-refractivity contribution >= 4 is 46.3 Å². The van der Waals surface area contributed by atoms with Crippen LogP contribution in [0.15, 0.2) is 96.3 Å². The quantitative estimate of drug-likeness (QED) is 0.220. The first-order chi connectivity index (χ1) is 20.6. The highest BCUT2D eigenvalue weighted by molar-refractivity contribution is 6.42. The minimum absolute atomic E-state index is 0.0640. The molecule has 8 heteroatoms. The molecule has 1 spiro atoms. The molecule has 7 rings (SSSR count). The maximum Gasteiger partial charge on any atom is 0.339 e. The number of hydrogen-bond acceptors (Lipinski definition) is 5. The van der Waals surface area contributed by atoms with E-state index in [-0.39, 0.29) is 43.8 Å². The predicted molar refractivity (Wildman–Crippen MR) is 168 cm³/mol. The van der Waals surface area contributed by atoms with Gasteiger partial charge in [-0.1, -0.05) is 115 Å². The second-order valence-electron chi connectivity index (χ2n) is 11.2. The van der Waals surface area contributed by atoms with Crippen LogP contribution in [0, 0.1) is 11.8 Å². The molecule has 0 aromatic heterocycles. The monoisotopic (exact) mass is 630 g/mol. The molecule has 0 bridgehead atoms. The van der Waals surface area contributed by atoms with Crippen LogP contribution in [0.4, 0.5) is 0 Å². The minimum Gasteiger partial charge on any atom is -0.507 e. The number of phenolic OH excluding ortho intramolecular Hbond substituents is 1. The van der Waals surface area contributed by atoms with Gasteiger partial charge < -0.3 is 19.7 Å². The van der Waals surface area contributed by atoms with E-state index in [1.54, 1.807) is 12.1 Å². The Kier molecular flexibility index (Phi) is 6.55. The van der Waals surface area contributed by atoms with Gasteiger partial charge in [0.05, 0.1) is 32.1 Å². The van der Waals surface area contributed by atoms with Crippen molar-refractivity contribution in [2.45, 2.75) is 25.6 Å². The summed E-state index contributed by atoms with van der Waals surface area (Å²) in [7, 11) is 0. The molecule has 0 saturated heterocycles. The van der Waals surface area contributed by atoms with E-state index in [2.05, 4.69) is 0 Å². The fraction of sp³-hybridized carbons (Fsp3) is 0.171. The van der Waals surface area contributed by atoms with Crippen LogP contribution in [-0.2, 0) is 10.3 Å². The predicted octanol–water partition coefficient (Wildman–Crippen LogP) is 9.38. The molecule has 0 radical (unpaired) electrons. The van der Waals surface area contributed by atoms with Crippen LogP contribution in [0.1, 0.15) is 40.9 Å². The van der Waals surface area contributed by atoms with E-state index in [4.69, 9.17) is 44.3 Å². The van der Waals surface area contributed by atoms with Crippen molar-refractivity contribution in [3.8, 4) is 22.6 Å². The molecule has 3 atom stereocenters. The van der Waals surface area contributed by atoms with Gasteiger partial charge in [0.2, 0.25) is 0 Å². The van der Waals surface area contributed by atoms with Crippen LogP contribution in [0.2, 0.25) is 15.1 Å². The first-order valence-electron chi connectivity index (χ1n) is 13.8. The highest BCUT2D eigenvalue weighted by Gasteiger charge is 2.61. The molecule has 0 saturated carbocycles. The third-order valence-corrected chi connectivity index (χ3v) is 9.53. The lowest BCUT2D eigenvalue weighted by Crippen LogP contribution is -2.50. The van der Waals surface area contributed by atoms with Crippen LogP contribution < -0.4 is 4.74 Å². The minimum atomic E-state index is -1.49. The topological polar surface area (TPSA) is 76.0 Å². The van der Waals surface area contributed by atoms with Gasteiger partial charge in [-0.3, -0.25) is 0 Å². The van der Waals surface area contributed by atoms with Crippen molar-refractivity contribution in [2.75, 3.05) is 0 Å². The Balaban J connectivity index is 1.63. The standard InChI is InChI=1S/C35H25Cl3O5/c1-17(2)20-13-23-32(28(30(20)39)18-9-5-3-6-10-18)42-33-24(16-27(38)31(40)29(33)19-11-7-4-8-12-19)35(23)22-15-26(37)25(36)14-21(22)34(41)43-35/h3-17,23,32,39-40H,1-2H3. The van der Waals surface area contributed by atoms with Gasteiger partial charge >= 0.3 is 5.97 Å².